The van der Waals surface area contributed by atoms with Crippen molar-refractivity contribution in [3.8, 4) is 11.6 Å². The van der Waals surface area contributed by atoms with E-state index in [9.17, 15) is 4.39 Å². The van der Waals surface area contributed by atoms with Crippen molar-refractivity contribution in [3.05, 3.63) is 48.6 Å². The predicted octanol–water partition coefficient (Wildman–Crippen LogP) is 1.04. The minimum Gasteiger partial charge on any atom is -0.336 e. The number of aryl methyl sites for hydroxylation is 2. The summed E-state index contributed by atoms with van der Waals surface area (Å²) in [6, 6.07) is 4.35. The normalized spacial score (nSPS) is 11.7. The molecule has 0 aliphatic carbocycles. The van der Waals surface area contributed by atoms with Crippen LogP contribution in [0.4, 0.5) is 4.39 Å². The molecule has 0 unspecified atom stereocenters. The van der Waals surface area contributed by atoms with Crippen LogP contribution in [0.5, 0.6) is 0 Å². The number of imidazole rings is 1. The average molecular weight is 342 g/mol. The van der Waals surface area contributed by atoms with E-state index in [1.165, 1.54) is 12.1 Å². The van der Waals surface area contributed by atoms with Gasteiger partial charge < -0.3 is 20.6 Å². The van der Waals surface area contributed by atoms with Crippen molar-refractivity contribution in [2.75, 3.05) is 0 Å². The van der Waals surface area contributed by atoms with Gasteiger partial charge in [0.05, 0.1) is 18.4 Å². The number of nitrogens with zero attached hydrogens (tertiary/aromatic N) is 6. The molecule has 0 atom stereocenters. The van der Waals surface area contributed by atoms with Gasteiger partial charge >= 0.3 is 0 Å². The summed E-state index contributed by atoms with van der Waals surface area (Å²) < 4.78 is 22.6. The van der Waals surface area contributed by atoms with Crippen LogP contribution in [-0.2, 0) is 13.1 Å². The third-order valence-electron chi connectivity index (χ3n) is 3.77. The summed E-state index contributed by atoms with van der Waals surface area (Å²) in [5.41, 5.74) is 12.3. The molecule has 4 aromatic rings. The number of aromatic nitrogens is 6. The lowest BCUT2D eigenvalue weighted by Gasteiger charge is -2.05. The van der Waals surface area contributed by atoms with Gasteiger partial charge in [0.15, 0.2) is 0 Å². The number of rotatable bonds is 5. The van der Waals surface area contributed by atoms with Crippen LogP contribution in [0.15, 0.2) is 41.4 Å². The van der Waals surface area contributed by atoms with Crippen LogP contribution in [0.2, 0.25) is 0 Å². The van der Waals surface area contributed by atoms with E-state index < -0.39 is 6.17 Å². The van der Waals surface area contributed by atoms with Crippen molar-refractivity contribution in [1.82, 2.24) is 29.5 Å². The molecule has 0 fully saturated rings. The molecule has 0 bridgehead atoms. The summed E-state index contributed by atoms with van der Waals surface area (Å²) in [7, 11) is 0. The minimum atomic E-state index is -0.858. The van der Waals surface area contributed by atoms with Gasteiger partial charge in [-0.25, -0.2) is 9.37 Å². The van der Waals surface area contributed by atoms with Crippen LogP contribution < -0.4 is 11.5 Å². The molecular weight excluding hydrogens is 327 g/mol. The largest absolute Gasteiger partial charge is 0.336 e. The lowest BCUT2D eigenvalue weighted by molar-refractivity contribution is 0.411. The predicted molar refractivity (Wildman–Crippen MR) is 86.3 cm³/mol. The highest BCUT2D eigenvalue weighted by atomic mass is 19.1. The fraction of sp³-hybridized carbons (Fsp3) is 0.200. The Kier molecular flexibility index (Phi) is 3.75. The van der Waals surface area contributed by atoms with Gasteiger partial charge in [0.1, 0.15) is 17.7 Å². The van der Waals surface area contributed by atoms with E-state index in [4.69, 9.17) is 16.0 Å². The lowest BCUT2D eigenvalue weighted by Crippen LogP contribution is -2.21. The Hall–Kier alpha value is -3.11. The zero-order valence-electron chi connectivity index (χ0n) is 13.1. The molecule has 1 aromatic carbocycles. The highest BCUT2D eigenvalue weighted by molar-refractivity contribution is 5.91. The third kappa shape index (κ3) is 2.88. The second kappa shape index (κ2) is 6.07. The first kappa shape index (κ1) is 15.4. The highest BCUT2D eigenvalue weighted by Gasteiger charge is 2.21. The van der Waals surface area contributed by atoms with Gasteiger partial charge in [-0.3, -0.25) is 4.68 Å². The van der Waals surface area contributed by atoms with Crippen molar-refractivity contribution < 1.29 is 8.91 Å². The summed E-state index contributed by atoms with van der Waals surface area (Å²) in [5, 5.41) is 8.85. The monoisotopic (exact) mass is 342 g/mol. The van der Waals surface area contributed by atoms with Crippen LogP contribution in [0.1, 0.15) is 12.0 Å². The van der Waals surface area contributed by atoms with E-state index in [0.29, 0.717) is 29.7 Å². The number of fused-ring (bicyclic) bond motifs is 1. The first-order chi connectivity index (χ1) is 12.1. The topological polar surface area (TPSA) is 127 Å². The van der Waals surface area contributed by atoms with E-state index in [1.807, 2.05) is 10.8 Å². The second-order valence-corrected chi connectivity index (χ2v) is 5.52. The maximum atomic E-state index is 13.7. The molecule has 0 saturated heterocycles. The Bertz CT molecular complexity index is 1000. The van der Waals surface area contributed by atoms with E-state index in [0.717, 1.165) is 0 Å². The third-order valence-corrected chi connectivity index (χ3v) is 3.77. The van der Waals surface area contributed by atoms with E-state index in [-0.39, 0.29) is 17.5 Å². The molecule has 0 spiro atoms. The molecule has 3 aromatic heterocycles. The molecule has 4 rings (SSSR count). The van der Waals surface area contributed by atoms with Gasteiger partial charge in [-0.15, -0.1) is 0 Å². The number of hydrogen-bond donors (Lipinski definition) is 2. The van der Waals surface area contributed by atoms with Gasteiger partial charge in [-0.1, -0.05) is 5.16 Å². The Morgan fingerprint density at radius 1 is 1.24 bits per heavy atom. The van der Waals surface area contributed by atoms with Crippen molar-refractivity contribution in [3.63, 3.8) is 0 Å². The Labute approximate surface area is 141 Å². The molecule has 0 aliphatic heterocycles. The van der Waals surface area contributed by atoms with E-state index in [2.05, 4.69) is 20.2 Å². The SMILES string of the molecule is NC(N)c1noc(-c2c3cc(F)ccc3nn2CCn2ccnc2)n1. The fourth-order valence-electron chi connectivity index (χ4n) is 2.59. The lowest BCUT2D eigenvalue weighted by atomic mass is 10.2. The molecule has 0 radical (unpaired) electrons. The average Bonchev–Trinajstić information content (AvgIpc) is 3.31. The molecule has 0 aliphatic rings. The standard InChI is InChI=1S/C15H15FN8O/c16-9-1-2-11-10(7-9)12(15-20-14(13(17)18)22-25-15)24(21-11)6-5-23-4-3-19-8-23/h1-4,7-8,13H,5-6,17-18H2. The summed E-state index contributed by atoms with van der Waals surface area (Å²) in [6.07, 6.45) is 4.40. The minimum absolute atomic E-state index is 0.168. The Morgan fingerprint density at radius 3 is 2.84 bits per heavy atom. The molecule has 0 amide bonds. The number of halogens is 1. The molecule has 3 heterocycles. The van der Waals surface area contributed by atoms with Crippen LogP contribution in [0.25, 0.3) is 22.5 Å². The second-order valence-electron chi connectivity index (χ2n) is 5.52. The number of benzene rings is 1. The van der Waals surface area contributed by atoms with Crippen LogP contribution in [0.3, 0.4) is 0 Å². The van der Waals surface area contributed by atoms with Gasteiger partial charge in [0, 0.05) is 24.3 Å². The summed E-state index contributed by atoms with van der Waals surface area (Å²) >= 11 is 0. The van der Waals surface area contributed by atoms with Crippen LogP contribution >= 0.6 is 0 Å². The summed E-state index contributed by atoms with van der Waals surface area (Å²) in [4.78, 5) is 8.21. The molecular formula is C15H15FN8O. The van der Waals surface area contributed by atoms with Crippen molar-refractivity contribution in [1.29, 1.82) is 0 Å². The summed E-state index contributed by atoms with van der Waals surface area (Å²) in [5.74, 6) is -0.0188. The molecule has 10 heteroatoms. The molecule has 0 saturated carbocycles. The maximum absolute atomic E-state index is 13.7. The van der Waals surface area contributed by atoms with E-state index in [1.54, 1.807) is 23.3 Å². The van der Waals surface area contributed by atoms with Gasteiger partial charge in [0.25, 0.3) is 5.89 Å². The van der Waals surface area contributed by atoms with Gasteiger partial charge in [-0.05, 0) is 18.2 Å². The molecule has 9 nitrogen and oxygen atoms in total. The highest BCUT2D eigenvalue weighted by Crippen LogP contribution is 2.28. The smallest absolute Gasteiger partial charge is 0.276 e. The number of nitrogens with two attached hydrogens (primary N) is 2. The summed E-state index contributed by atoms with van der Waals surface area (Å²) in [6.45, 7) is 1.13. The van der Waals surface area contributed by atoms with Crippen molar-refractivity contribution in [2.45, 2.75) is 19.3 Å². The first-order valence-corrected chi connectivity index (χ1v) is 7.59. The molecule has 4 N–H and O–H groups in total. The zero-order chi connectivity index (χ0) is 17.4. The van der Waals surface area contributed by atoms with Gasteiger partial charge in [-0.2, -0.15) is 10.1 Å². The van der Waals surface area contributed by atoms with Crippen molar-refractivity contribution >= 4 is 10.9 Å². The van der Waals surface area contributed by atoms with E-state index >= 15 is 0 Å². The Balaban J connectivity index is 1.80. The first-order valence-electron chi connectivity index (χ1n) is 7.59. The molecule has 25 heavy (non-hydrogen) atoms. The van der Waals surface area contributed by atoms with Crippen LogP contribution in [-0.4, -0.2) is 29.5 Å². The maximum Gasteiger partial charge on any atom is 0.276 e. The Morgan fingerprint density at radius 2 is 2.12 bits per heavy atom. The van der Waals surface area contributed by atoms with Crippen molar-refractivity contribution in [2.24, 2.45) is 11.5 Å². The molecule has 128 valence electrons. The fourth-order valence-corrected chi connectivity index (χ4v) is 2.59. The number of hydrogen-bond acceptors (Lipinski definition) is 7. The van der Waals surface area contributed by atoms with Gasteiger partial charge in [0.2, 0.25) is 5.82 Å². The van der Waals surface area contributed by atoms with Crippen LogP contribution in [0, 0.1) is 5.82 Å². The zero-order valence-corrected chi connectivity index (χ0v) is 13.1. The quantitative estimate of drug-likeness (QED) is 0.519.